The van der Waals surface area contributed by atoms with Gasteiger partial charge in [0.1, 0.15) is 0 Å². The van der Waals surface area contributed by atoms with E-state index in [1.807, 2.05) is 0 Å². The van der Waals surface area contributed by atoms with Crippen LogP contribution in [0.25, 0.3) is 16.9 Å². The third kappa shape index (κ3) is 3.25. The van der Waals surface area contributed by atoms with Crippen LogP contribution < -0.4 is 5.14 Å². The predicted octanol–water partition coefficient (Wildman–Crippen LogP) is 4.52. The number of rotatable bonds is 3. The number of aromatic nitrogens is 2. The molecule has 3 aromatic rings. The van der Waals surface area contributed by atoms with Crippen LogP contribution in [0.2, 0.25) is 0 Å². The van der Waals surface area contributed by atoms with E-state index in [0.29, 0.717) is 16.9 Å². The Balaban J connectivity index is 2.15. The highest BCUT2D eigenvalue weighted by atomic mass is 32.2. The lowest BCUT2D eigenvalue weighted by Gasteiger charge is -2.08. The summed E-state index contributed by atoms with van der Waals surface area (Å²) in [7, 11) is 0. The van der Waals surface area contributed by atoms with Crippen molar-refractivity contribution < 1.29 is 13.2 Å². The van der Waals surface area contributed by atoms with Gasteiger partial charge in [-0.15, -0.1) is 0 Å². The number of nitrogens with two attached hydrogens (primary N) is 1. The minimum atomic E-state index is -4.50. The molecule has 0 aliphatic carbocycles. The van der Waals surface area contributed by atoms with Gasteiger partial charge in [0, 0.05) is 10.5 Å². The lowest BCUT2D eigenvalue weighted by atomic mass is 10.1. The molecule has 3 nitrogen and oxygen atoms in total. The fourth-order valence-corrected chi connectivity index (χ4v) is 2.49. The van der Waals surface area contributed by atoms with Crippen molar-refractivity contribution in [3.8, 4) is 16.9 Å². The molecular formula is C16H12F3N3S. The maximum atomic E-state index is 13.0. The van der Waals surface area contributed by atoms with Crippen molar-refractivity contribution in [3.63, 3.8) is 0 Å². The highest BCUT2D eigenvalue weighted by Gasteiger charge is 2.35. The van der Waals surface area contributed by atoms with Crippen LogP contribution in [-0.4, -0.2) is 9.78 Å². The van der Waals surface area contributed by atoms with E-state index in [2.05, 4.69) is 5.10 Å². The number of hydrogen-bond acceptors (Lipinski definition) is 3. The van der Waals surface area contributed by atoms with E-state index in [1.165, 1.54) is 4.68 Å². The van der Waals surface area contributed by atoms with Crippen LogP contribution in [0.3, 0.4) is 0 Å². The van der Waals surface area contributed by atoms with E-state index in [-0.39, 0.29) is 0 Å². The number of benzene rings is 2. The van der Waals surface area contributed by atoms with Gasteiger partial charge < -0.3 is 0 Å². The van der Waals surface area contributed by atoms with Crippen LogP contribution in [0.1, 0.15) is 5.69 Å². The molecule has 2 N–H and O–H groups in total. The van der Waals surface area contributed by atoms with Gasteiger partial charge in [0.05, 0.1) is 11.4 Å². The van der Waals surface area contributed by atoms with Crippen LogP contribution in [0.5, 0.6) is 0 Å². The Bertz CT molecular complexity index is 796. The smallest absolute Gasteiger partial charge is 0.274 e. The quantitative estimate of drug-likeness (QED) is 0.716. The van der Waals surface area contributed by atoms with Gasteiger partial charge in [-0.05, 0) is 42.3 Å². The van der Waals surface area contributed by atoms with E-state index in [9.17, 15) is 13.2 Å². The molecule has 3 rings (SSSR count). The first kappa shape index (κ1) is 15.6. The Morgan fingerprint density at radius 2 is 1.61 bits per heavy atom. The Labute approximate surface area is 135 Å². The van der Waals surface area contributed by atoms with E-state index < -0.39 is 11.9 Å². The van der Waals surface area contributed by atoms with Gasteiger partial charge in [-0.2, -0.15) is 18.3 Å². The lowest BCUT2D eigenvalue weighted by molar-refractivity contribution is -0.141. The van der Waals surface area contributed by atoms with Crippen LogP contribution in [0, 0.1) is 0 Å². The van der Waals surface area contributed by atoms with E-state index >= 15 is 0 Å². The van der Waals surface area contributed by atoms with Crippen molar-refractivity contribution in [2.75, 3.05) is 0 Å². The first-order valence-corrected chi connectivity index (χ1v) is 7.57. The second kappa shape index (κ2) is 6.10. The van der Waals surface area contributed by atoms with Crippen LogP contribution in [0.4, 0.5) is 13.2 Å². The van der Waals surface area contributed by atoms with E-state index in [4.69, 9.17) is 5.14 Å². The molecule has 118 valence electrons. The number of alkyl halides is 3. The minimum absolute atomic E-state index is 0.372. The van der Waals surface area contributed by atoms with Gasteiger partial charge in [0.15, 0.2) is 5.69 Å². The predicted molar refractivity (Wildman–Crippen MR) is 84.0 cm³/mol. The zero-order valence-corrected chi connectivity index (χ0v) is 12.6. The summed E-state index contributed by atoms with van der Waals surface area (Å²) in [5.74, 6) is 0. The third-order valence-electron chi connectivity index (χ3n) is 3.29. The molecule has 0 saturated carbocycles. The first-order chi connectivity index (χ1) is 11.0. The largest absolute Gasteiger partial charge is 0.435 e. The molecule has 0 radical (unpaired) electrons. The molecule has 0 unspecified atom stereocenters. The molecule has 0 bridgehead atoms. The van der Waals surface area contributed by atoms with Crippen LogP contribution >= 0.6 is 11.9 Å². The van der Waals surface area contributed by atoms with Crippen LogP contribution in [0.15, 0.2) is 65.6 Å². The van der Waals surface area contributed by atoms with Crippen molar-refractivity contribution in [1.82, 2.24) is 9.78 Å². The summed E-state index contributed by atoms with van der Waals surface area (Å²) in [6.45, 7) is 0. The topological polar surface area (TPSA) is 43.8 Å². The number of halogens is 3. The summed E-state index contributed by atoms with van der Waals surface area (Å²) in [6, 6.07) is 16.7. The molecule has 0 aliphatic rings. The molecule has 0 amide bonds. The van der Waals surface area contributed by atoms with Gasteiger partial charge in [-0.1, -0.05) is 30.3 Å². The minimum Gasteiger partial charge on any atom is -0.274 e. The maximum absolute atomic E-state index is 13.0. The monoisotopic (exact) mass is 335 g/mol. The summed E-state index contributed by atoms with van der Waals surface area (Å²) in [5, 5.41) is 9.20. The second-order valence-corrected chi connectivity index (χ2v) is 5.51. The molecule has 1 heterocycles. The van der Waals surface area contributed by atoms with E-state index in [1.54, 1.807) is 54.6 Å². The van der Waals surface area contributed by atoms with E-state index in [0.717, 1.165) is 22.9 Å². The highest BCUT2D eigenvalue weighted by Crippen LogP contribution is 2.33. The normalized spacial score (nSPS) is 11.7. The summed E-state index contributed by atoms with van der Waals surface area (Å²) in [6.07, 6.45) is -4.50. The molecule has 0 spiro atoms. The third-order valence-corrected chi connectivity index (χ3v) is 3.83. The van der Waals surface area contributed by atoms with Gasteiger partial charge >= 0.3 is 6.18 Å². The SMILES string of the molecule is NSc1ccc(-c2cc(C(F)(F)F)nn2-c2ccccc2)cc1. The fourth-order valence-electron chi connectivity index (χ4n) is 2.20. The molecule has 1 aromatic heterocycles. The molecular weight excluding hydrogens is 323 g/mol. The highest BCUT2D eigenvalue weighted by molar-refractivity contribution is 7.97. The molecule has 0 aliphatic heterocycles. The lowest BCUT2D eigenvalue weighted by Crippen LogP contribution is -2.07. The Hall–Kier alpha value is -2.25. The zero-order chi connectivity index (χ0) is 16.4. The van der Waals surface area contributed by atoms with Crippen molar-refractivity contribution in [2.24, 2.45) is 5.14 Å². The Kier molecular flexibility index (Phi) is 4.14. The van der Waals surface area contributed by atoms with Gasteiger partial charge in [0.25, 0.3) is 0 Å². The Morgan fingerprint density at radius 1 is 0.957 bits per heavy atom. The molecule has 23 heavy (non-hydrogen) atoms. The maximum Gasteiger partial charge on any atom is 0.435 e. The van der Waals surface area contributed by atoms with Crippen LogP contribution in [-0.2, 0) is 6.18 Å². The van der Waals surface area contributed by atoms with Crippen molar-refractivity contribution in [1.29, 1.82) is 0 Å². The molecule has 0 saturated heterocycles. The molecule has 0 fully saturated rings. The molecule has 2 aromatic carbocycles. The summed E-state index contributed by atoms with van der Waals surface area (Å²) >= 11 is 1.08. The number of nitrogens with zero attached hydrogens (tertiary/aromatic N) is 2. The van der Waals surface area contributed by atoms with Crippen molar-refractivity contribution in [3.05, 3.63) is 66.4 Å². The van der Waals surface area contributed by atoms with Gasteiger partial charge in [0.2, 0.25) is 0 Å². The zero-order valence-electron chi connectivity index (χ0n) is 11.8. The summed E-state index contributed by atoms with van der Waals surface area (Å²) < 4.78 is 40.4. The van der Waals surface area contributed by atoms with Gasteiger partial charge in [-0.25, -0.2) is 4.68 Å². The van der Waals surface area contributed by atoms with Crippen molar-refractivity contribution >= 4 is 11.9 Å². The summed E-state index contributed by atoms with van der Waals surface area (Å²) in [5.41, 5.74) is 0.649. The van der Waals surface area contributed by atoms with Gasteiger partial charge in [-0.3, -0.25) is 5.14 Å². The standard InChI is InChI=1S/C16H12F3N3S/c17-16(18,19)15-10-14(11-6-8-13(23-20)9-7-11)22(21-15)12-4-2-1-3-5-12/h1-10H,20H2. The van der Waals surface area contributed by atoms with Crippen molar-refractivity contribution in [2.45, 2.75) is 11.1 Å². The molecule has 0 atom stereocenters. The average molecular weight is 335 g/mol. The first-order valence-electron chi connectivity index (χ1n) is 6.69. The fraction of sp³-hybridized carbons (Fsp3) is 0.0625. The second-order valence-electron chi connectivity index (χ2n) is 4.80. The number of para-hydroxylation sites is 1. The number of hydrogen-bond donors (Lipinski definition) is 1. The Morgan fingerprint density at radius 3 is 2.17 bits per heavy atom. The summed E-state index contributed by atoms with van der Waals surface area (Å²) in [4.78, 5) is 0.829. The molecule has 7 heteroatoms. The average Bonchev–Trinajstić information content (AvgIpc) is 3.01.